The van der Waals surface area contributed by atoms with Gasteiger partial charge in [0, 0.05) is 18.5 Å². The molecule has 3 fully saturated rings. The van der Waals surface area contributed by atoms with Gasteiger partial charge in [-0.25, -0.2) is 0 Å². The number of carbonyl (C=O) groups is 1. The normalized spacial score (nSPS) is 26.3. The first-order valence-electron chi connectivity index (χ1n) is 8.36. The third-order valence-corrected chi connectivity index (χ3v) is 5.14. The fourth-order valence-electron chi connectivity index (χ4n) is 3.73. The first-order valence-corrected chi connectivity index (χ1v) is 8.36. The number of nitrogens with zero attached hydrogens (tertiary/aromatic N) is 1. The maximum atomic E-state index is 12.8. The van der Waals surface area contributed by atoms with E-state index in [1.165, 1.54) is 44.9 Å². The number of amides is 1. The van der Waals surface area contributed by atoms with Gasteiger partial charge in [-0.3, -0.25) is 4.79 Å². The molecule has 3 aliphatic rings. The highest BCUT2D eigenvalue weighted by Gasteiger charge is 2.37. The minimum atomic E-state index is 0.357. The van der Waals surface area contributed by atoms with Gasteiger partial charge >= 0.3 is 0 Å². The summed E-state index contributed by atoms with van der Waals surface area (Å²) in [5, 5.41) is 3.42. The van der Waals surface area contributed by atoms with Crippen LogP contribution in [0.25, 0.3) is 0 Å². The van der Waals surface area contributed by atoms with Crippen LogP contribution in [0.15, 0.2) is 0 Å². The number of nitrogens with one attached hydrogen (secondary N) is 1. The van der Waals surface area contributed by atoms with Gasteiger partial charge in [-0.05, 0) is 57.5 Å². The molecule has 0 atom stereocenters. The van der Waals surface area contributed by atoms with E-state index in [1.54, 1.807) is 0 Å². The van der Waals surface area contributed by atoms with E-state index in [-0.39, 0.29) is 0 Å². The molecule has 0 aromatic heterocycles. The second kappa shape index (κ2) is 6.25. The lowest BCUT2D eigenvalue weighted by molar-refractivity contribution is -0.138. The molecule has 0 aromatic carbocycles. The van der Waals surface area contributed by atoms with Crippen molar-refractivity contribution < 1.29 is 4.79 Å². The van der Waals surface area contributed by atoms with Gasteiger partial charge in [0.2, 0.25) is 5.91 Å². The van der Waals surface area contributed by atoms with Gasteiger partial charge in [0.25, 0.3) is 0 Å². The molecule has 2 aliphatic carbocycles. The van der Waals surface area contributed by atoms with Crippen LogP contribution in [0.3, 0.4) is 0 Å². The Kier molecular flexibility index (Phi) is 4.42. The quantitative estimate of drug-likeness (QED) is 0.846. The molecule has 1 heterocycles. The molecule has 3 rings (SSSR count). The molecule has 0 aromatic rings. The molecular formula is C16H28N2O. The van der Waals surface area contributed by atoms with Crippen molar-refractivity contribution in [3.8, 4) is 0 Å². The van der Waals surface area contributed by atoms with Crippen LogP contribution >= 0.6 is 0 Å². The number of piperidine rings is 1. The first kappa shape index (κ1) is 13.4. The molecule has 1 N–H and O–H groups in total. The van der Waals surface area contributed by atoms with Crippen molar-refractivity contribution in [2.24, 2.45) is 11.8 Å². The van der Waals surface area contributed by atoms with Crippen LogP contribution < -0.4 is 5.32 Å². The van der Waals surface area contributed by atoms with Gasteiger partial charge in [0.15, 0.2) is 0 Å². The summed E-state index contributed by atoms with van der Waals surface area (Å²) in [4.78, 5) is 15.0. The van der Waals surface area contributed by atoms with Crippen LogP contribution in [-0.4, -0.2) is 36.5 Å². The second-order valence-electron chi connectivity index (χ2n) is 6.75. The molecule has 3 heteroatoms. The van der Waals surface area contributed by atoms with Gasteiger partial charge in [-0.2, -0.15) is 0 Å². The summed E-state index contributed by atoms with van der Waals surface area (Å²) in [5.41, 5.74) is 0. The minimum absolute atomic E-state index is 0.357. The summed E-state index contributed by atoms with van der Waals surface area (Å²) < 4.78 is 0. The van der Waals surface area contributed by atoms with E-state index in [1.807, 2.05) is 0 Å². The summed E-state index contributed by atoms with van der Waals surface area (Å²) in [6.45, 7) is 3.32. The third kappa shape index (κ3) is 3.50. The Balaban J connectivity index is 1.57. The summed E-state index contributed by atoms with van der Waals surface area (Å²) >= 11 is 0. The fourth-order valence-corrected chi connectivity index (χ4v) is 3.73. The fraction of sp³-hybridized carbons (Fsp3) is 0.938. The molecule has 3 nitrogen and oxygen atoms in total. The third-order valence-electron chi connectivity index (χ3n) is 5.14. The van der Waals surface area contributed by atoms with E-state index in [4.69, 9.17) is 0 Å². The van der Waals surface area contributed by atoms with Crippen molar-refractivity contribution in [3.05, 3.63) is 0 Å². The van der Waals surface area contributed by atoms with Crippen molar-refractivity contribution in [1.82, 2.24) is 10.2 Å². The molecule has 0 spiro atoms. The zero-order chi connectivity index (χ0) is 13.1. The van der Waals surface area contributed by atoms with Crippen molar-refractivity contribution in [2.45, 2.75) is 63.8 Å². The van der Waals surface area contributed by atoms with Crippen LogP contribution in [0.4, 0.5) is 0 Å². The largest absolute Gasteiger partial charge is 0.339 e. The summed E-state index contributed by atoms with van der Waals surface area (Å²) in [7, 11) is 0. The number of carbonyl (C=O) groups excluding carboxylic acids is 1. The van der Waals surface area contributed by atoms with Crippen LogP contribution in [0.5, 0.6) is 0 Å². The van der Waals surface area contributed by atoms with Crippen molar-refractivity contribution >= 4 is 5.91 Å². The topological polar surface area (TPSA) is 32.3 Å². The predicted octanol–water partition coefficient (Wildman–Crippen LogP) is 2.56. The SMILES string of the molecule is O=C(C1CCCCC1)N(CC1CCNCC1)C1CC1. The number of rotatable bonds is 4. The van der Waals surface area contributed by atoms with Gasteiger partial charge in [0.05, 0.1) is 0 Å². The maximum Gasteiger partial charge on any atom is 0.225 e. The summed E-state index contributed by atoms with van der Waals surface area (Å²) in [5.74, 6) is 1.60. The van der Waals surface area contributed by atoms with Crippen LogP contribution in [0.1, 0.15) is 57.8 Å². The molecule has 0 bridgehead atoms. The van der Waals surface area contributed by atoms with E-state index >= 15 is 0 Å². The lowest BCUT2D eigenvalue weighted by Gasteiger charge is -2.33. The second-order valence-corrected chi connectivity index (χ2v) is 6.75. The smallest absolute Gasteiger partial charge is 0.225 e. The van der Waals surface area contributed by atoms with Crippen LogP contribution in [-0.2, 0) is 4.79 Å². The Bertz CT molecular complexity index is 302. The molecule has 1 saturated heterocycles. The molecule has 0 unspecified atom stereocenters. The Morgan fingerprint density at radius 3 is 2.26 bits per heavy atom. The molecule has 1 amide bonds. The van der Waals surface area contributed by atoms with E-state index < -0.39 is 0 Å². The average molecular weight is 264 g/mol. The van der Waals surface area contributed by atoms with E-state index in [9.17, 15) is 4.79 Å². The summed E-state index contributed by atoms with van der Waals surface area (Å²) in [6, 6.07) is 0.601. The Hall–Kier alpha value is -0.570. The van der Waals surface area contributed by atoms with Gasteiger partial charge in [-0.15, -0.1) is 0 Å². The van der Waals surface area contributed by atoms with Crippen molar-refractivity contribution in [3.63, 3.8) is 0 Å². The van der Waals surface area contributed by atoms with E-state index in [2.05, 4.69) is 10.2 Å². The Morgan fingerprint density at radius 1 is 0.947 bits per heavy atom. The molecule has 2 saturated carbocycles. The summed E-state index contributed by atoms with van der Waals surface area (Å²) in [6.07, 6.45) is 11.2. The highest BCUT2D eigenvalue weighted by atomic mass is 16.2. The van der Waals surface area contributed by atoms with E-state index in [0.717, 1.165) is 38.4 Å². The van der Waals surface area contributed by atoms with Crippen LogP contribution in [0.2, 0.25) is 0 Å². The lowest BCUT2D eigenvalue weighted by Crippen LogP contribution is -2.43. The number of hydrogen-bond donors (Lipinski definition) is 1. The zero-order valence-electron chi connectivity index (χ0n) is 12.1. The number of hydrogen-bond acceptors (Lipinski definition) is 2. The highest BCUT2D eigenvalue weighted by Crippen LogP contribution is 2.33. The Morgan fingerprint density at radius 2 is 1.63 bits per heavy atom. The van der Waals surface area contributed by atoms with E-state index in [0.29, 0.717) is 17.9 Å². The monoisotopic (exact) mass is 264 g/mol. The molecule has 0 radical (unpaired) electrons. The molecule has 19 heavy (non-hydrogen) atoms. The average Bonchev–Trinajstić information content (AvgIpc) is 3.31. The first-order chi connectivity index (χ1) is 9.34. The van der Waals surface area contributed by atoms with Crippen molar-refractivity contribution in [1.29, 1.82) is 0 Å². The predicted molar refractivity (Wildman–Crippen MR) is 76.9 cm³/mol. The molecule has 108 valence electrons. The van der Waals surface area contributed by atoms with Gasteiger partial charge < -0.3 is 10.2 Å². The molecule has 1 aliphatic heterocycles. The Labute approximate surface area is 117 Å². The maximum absolute atomic E-state index is 12.8. The minimum Gasteiger partial charge on any atom is -0.339 e. The standard InChI is InChI=1S/C16H28N2O/c19-16(14-4-2-1-3-5-14)18(15-6-7-15)12-13-8-10-17-11-9-13/h13-15,17H,1-12H2. The van der Waals surface area contributed by atoms with Crippen molar-refractivity contribution in [2.75, 3.05) is 19.6 Å². The van der Waals surface area contributed by atoms with Gasteiger partial charge in [0.1, 0.15) is 0 Å². The zero-order valence-corrected chi connectivity index (χ0v) is 12.1. The lowest BCUT2D eigenvalue weighted by atomic mass is 9.87. The van der Waals surface area contributed by atoms with Crippen LogP contribution in [0, 0.1) is 11.8 Å². The van der Waals surface area contributed by atoms with Gasteiger partial charge in [-0.1, -0.05) is 19.3 Å². The molecular weight excluding hydrogens is 236 g/mol. The highest BCUT2D eigenvalue weighted by molar-refractivity contribution is 5.79.